The molecule has 0 fully saturated rings. The molecular formula is C14H11F2N5O4. The first-order valence-corrected chi connectivity index (χ1v) is 6.98. The summed E-state index contributed by atoms with van der Waals surface area (Å²) in [4.78, 5) is 10.3. The number of hydrogen-bond donors (Lipinski definition) is 0. The maximum atomic E-state index is 12.1. The second-order valence-electron chi connectivity index (χ2n) is 4.93. The van der Waals surface area contributed by atoms with E-state index < -0.39 is 11.5 Å². The third-order valence-corrected chi connectivity index (χ3v) is 3.35. The first kappa shape index (κ1) is 16.5. The van der Waals surface area contributed by atoms with Gasteiger partial charge in [-0.05, 0) is 31.2 Å². The molecule has 0 aliphatic rings. The van der Waals surface area contributed by atoms with Gasteiger partial charge in [-0.25, -0.2) is 0 Å². The molecule has 1 aromatic carbocycles. The number of rotatable bonds is 6. The third kappa shape index (κ3) is 3.59. The van der Waals surface area contributed by atoms with Crippen LogP contribution in [-0.4, -0.2) is 31.5 Å². The van der Waals surface area contributed by atoms with Crippen LogP contribution in [0.5, 0.6) is 5.75 Å². The van der Waals surface area contributed by atoms with Crippen LogP contribution in [0.15, 0.2) is 34.9 Å². The highest BCUT2D eigenvalue weighted by atomic mass is 19.3. The predicted molar refractivity (Wildman–Crippen MR) is 79.1 cm³/mol. The van der Waals surface area contributed by atoms with Gasteiger partial charge < -0.3 is 9.15 Å². The summed E-state index contributed by atoms with van der Waals surface area (Å²) in [7, 11) is 0. The van der Waals surface area contributed by atoms with Gasteiger partial charge in [0.15, 0.2) is 0 Å². The van der Waals surface area contributed by atoms with Crippen LogP contribution in [0.2, 0.25) is 0 Å². The lowest BCUT2D eigenvalue weighted by Gasteiger charge is -2.03. The molecule has 11 heteroatoms. The summed E-state index contributed by atoms with van der Waals surface area (Å²) in [6.45, 7) is -1.27. The molecule has 2 heterocycles. The SMILES string of the molecule is Cc1c([N+](=O)[O-])cnn1Cc1nnc(-c2ccc(OC(F)F)cc2)o1. The first-order valence-electron chi connectivity index (χ1n) is 6.98. The zero-order chi connectivity index (χ0) is 18.0. The number of aromatic nitrogens is 4. The van der Waals surface area contributed by atoms with Gasteiger partial charge in [0.2, 0.25) is 11.8 Å². The summed E-state index contributed by atoms with van der Waals surface area (Å²) in [5.74, 6) is 0.389. The number of alkyl halides is 2. The number of ether oxygens (including phenoxy) is 1. The third-order valence-electron chi connectivity index (χ3n) is 3.35. The van der Waals surface area contributed by atoms with Crippen LogP contribution in [0.1, 0.15) is 11.6 Å². The van der Waals surface area contributed by atoms with Gasteiger partial charge in [-0.1, -0.05) is 0 Å². The fourth-order valence-electron chi connectivity index (χ4n) is 2.12. The van der Waals surface area contributed by atoms with Crippen molar-refractivity contribution in [2.24, 2.45) is 0 Å². The molecule has 3 aromatic rings. The highest BCUT2D eigenvalue weighted by molar-refractivity contribution is 5.53. The van der Waals surface area contributed by atoms with Gasteiger partial charge in [0.25, 0.3) is 0 Å². The highest BCUT2D eigenvalue weighted by Crippen LogP contribution is 2.23. The van der Waals surface area contributed by atoms with E-state index in [0.717, 1.165) is 6.20 Å². The van der Waals surface area contributed by atoms with E-state index in [2.05, 4.69) is 20.0 Å². The van der Waals surface area contributed by atoms with Crippen LogP contribution in [0.4, 0.5) is 14.5 Å². The molecule has 0 saturated carbocycles. The Balaban J connectivity index is 1.75. The number of hydrogen-bond acceptors (Lipinski definition) is 7. The smallest absolute Gasteiger partial charge is 0.387 e. The largest absolute Gasteiger partial charge is 0.435 e. The van der Waals surface area contributed by atoms with E-state index in [1.165, 1.54) is 28.9 Å². The lowest BCUT2D eigenvalue weighted by molar-refractivity contribution is -0.385. The highest BCUT2D eigenvalue weighted by Gasteiger charge is 2.18. The Kier molecular flexibility index (Phi) is 4.37. The molecule has 2 aromatic heterocycles. The molecule has 9 nitrogen and oxygen atoms in total. The molecule has 0 aliphatic heterocycles. The van der Waals surface area contributed by atoms with Crippen molar-refractivity contribution in [1.82, 2.24) is 20.0 Å². The lowest BCUT2D eigenvalue weighted by Crippen LogP contribution is -2.04. The van der Waals surface area contributed by atoms with Crippen LogP contribution in [-0.2, 0) is 6.54 Å². The molecule has 0 N–H and O–H groups in total. The molecule has 0 saturated heterocycles. The van der Waals surface area contributed by atoms with E-state index in [-0.39, 0.29) is 29.8 Å². The first-order chi connectivity index (χ1) is 11.9. The predicted octanol–water partition coefficient (Wildman–Crippen LogP) is 2.80. The summed E-state index contributed by atoms with van der Waals surface area (Å²) >= 11 is 0. The van der Waals surface area contributed by atoms with E-state index in [1.807, 2.05) is 0 Å². The van der Waals surface area contributed by atoms with Crippen LogP contribution in [0.3, 0.4) is 0 Å². The van der Waals surface area contributed by atoms with Crippen molar-refractivity contribution >= 4 is 5.69 Å². The van der Waals surface area contributed by atoms with Crippen molar-refractivity contribution in [2.75, 3.05) is 0 Å². The van der Waals surface area contributed by atoms with Crippen molar-refractivity contribution in [2.45, 2.75) is 20.1 Å². The van der Waals surface area contributed by atoms with Crippen molar-refractivity contribution in [3.63, 3.8) is 0 Å². The van der Waals surface area contributed by atoms with Crippen molar-refractivity contribution < 1.29 is 22.9 Å². The Hall–Kier alpha value is -3.37. The van der Waals surface area contributed by atoms with E-state index >= 15 is 0 Å². The Bertz CT molecular complexity index is 891. The quantitative estimate of drug-likeness (QED) is 0.496. The molecular weight excluding hydrogens is 340 g/mol. The summed E-state index contributed by atoms with van der Waals surface area (Å²) in [5.41, 5.74) is 0.774. The zero-order valence-electron chi connectivity index (χ0n) is 12.8. The normalized spacial score (nSPS) is 11.0. The Labute approximate surface area is 139 Å². The van der Waals surface area contributed by atoms with Crippen molar-refractivity contribution in [3.05, 3.63) is 52.2 Å². The number of halogens is 2. The maximum absolute atomic E-state index is 12.1. The van der Waals surface area contributed by atoms with Crippen LogP contribution < -0.4 is 4.74 Å². The average molecular weight is 351 g/mol. The summed E-state index contributed by atoms with van der Waals surface area (Å²) in [6, 6.07) is 5.71. The van der Waals surface area contributed by atoms with Gasteiger partial charge in [-0.3, -0.25) is 14.8 Å². The molecule has 130 valence electrons. The van der Waals surface area contributed by atoms with E-state index in [9.17, 15) is 18.9 Å². The summed E-state index contributed by atoms with van der Waals surface area (Å²) in [5, 5.41) is 22.4. The summed E-state index contributed by atoms with van der Waals surface area (Å²) < 4.78 is 35.4. The van der Waals surface area contributed by atoms with Gasteiger partial charge in [-0.15, -0.1) is 10.2 Å². The fraction of sp³-hybridized carbons (Fsp3) is 0.214. The van der Waals surface area contributed by atoms with Crippen LogP contribution in [0.25, 0.3) is 11.5 Å². The Morgan fingerprint density at radius 3 is 2.64 bits per heavy atom. The standard InChI is InChI=1S/C14H11F2N5O4/c1-8-11(21(22)23)6-17-20(8)7-12-18-19-13(25-12)9-2-4-10(5-3-9)24-14(15)16/h2-6,14H,7H2,1H3. The number of nitrogens with zero attached hydrogens (tertiary/aromatic N) is 5. The Morgan fingerprint density at radius 2 is 2.04 bits per heavy atom. The van der Waals surface area contributed by atoms with Gasteiger partial charge in [0.1, 0.15) is 24.2 Å². The van der Waals surface area contributed by atoms with Crippen molar-refractivity contribution in [3.8, 4) is 17.2 Å². The number of nitro groups is 1. The molecule has 0 bridgehead atoms. The van der Waals surface area contributed by atoms with E-state index in [1.54, 1.807) is 6.92 Å². The second-order valence-corrected chi connectivity index (χ2v) is 4.93. The fourth-order valence-corrected chi connectivity index (χ4v) is 2.12. The zero-order valence-corrected chi connectivity index (χ0v) is 12.8. The van der Waals surface area contributed by atoms with E-state index in [4.69, 9.17) is 4.42 Å². The monoisotopic (exact) mass is 351 g/mol. The maximum Gasteiger partial charge on any atom is 0.387 e. The summed E-state index contributed by atoms with van der Waals surface area (Å²) in [6.07, 6.45) is 1.15. The molecule has 0 unspecified atom stereocenters. The second kappa shape index (κ2) is 6.63. The average Bonchev–Trinajstić information content (AvgIpc) is 3.16. The van der Waals surface area contributed by atoms with Gasteiger partial charge >= 0.3 is 12.3 Å². The van der Waals surface area contributed by atoms with Crippen LogP contribution >= 0.6 is 0 Å². The Morgan fingerprint density at radius 1 is 1.32 bits per heavy atom. The molecule has 0 aliphatic carbocycles. The molecule has 0 spiro atoms. The minimum Gasteiger partial charge on any atom is -0.435 e. The molecule has 25 heavy (non-hydrogen) atoms. The molecule has 0 radical (unpaired) electrons. The van der Waals surface area contributed by atoms with E-state index in [0.29, 0.717) is 11.3 Å². The lowest BCUT2D eigenvalue weighted by atomic mass is 10.2. The van der Waals surface area contributed by atoms with Crippen LogP contribution in [0, 0.1) is 17.0 Å². The van der Waals surface area contributed by atoms with Gasteiger partial charge in [0.05, 0.1) is 4.92 Å². The number of benzene rings is 1. The molecule has 3 rings (SSSR count). The molecule has 0 atom stereocenters. The minimum atomic E-state index is -2.90. The van der Waals surface area contributed by atoms with Crippen molar-refractivity contribution in [1.29, 1.82) is 0 Å². The topological polar surface area (TPSA) is 109 Å². The van der Waals surface area contributed by atoms with Gasteiger partial charge in [0, 0.05) is 5.56 Å². The van der Waals surface area contributed by atoms with Gasteiger partial charge in [-0.2, -0.15) is 13.9 Å². The minimum absolute atomic E-state index is 0.0120. The molecule has 0 amide bonds.